The van der Waals surface area contributed by atoms with E-state index in [2.05, 4.69) is 10.3 Å². The van der Waals surface area contributed by atoms with Gasteiger partial charge in [0.05, 0.1) is 16.9 Å². The number of carboxylic acids is 2. The molecule has 8 heteroatoms. The van der Waals surface area contributed by atoms with E-state index in [1.807, 2.05) is 24.3 Å². The lowest BCUT2D eigenvalue weighted by Crippen LogP contribution is -2.05. The SMILES string of the molecule is O=C(O)Cc1ccc(NC2=NC(=O)/C(=C\c3ccc(-c4ccc(C(=O)O)cc4)cc3)S2)cc1. The Morgan fingerprint density at radius 2 is 1.48 bits per heavy atom. The molecule has 0 radical (unpaired) electrons. The average molecular weight is 458 g/mol. The number of aliphatic carboxylic acids is 1. The van der Waals surface area contributed by atoms with Crippen LogP contribution in [0.5, 0.6) is 0 Å². The largest absolute Gasteiger partial charge is 0.481 e. The van der Waals surface area contributed by atoms with Gasteiger partial charge in [-0.05, 0) is 64.4 Å². The van der Waals surface area contributed by atoms with Crippen molar-refractivity contribution >= 4 is 46.5 Å². The van der Waals surface area contributed by atoms with E-state index in [0.29, 0.717) is 21.3 Å². The highest BCUT2D eigenvalue weighted by Gasteiger charge is 2.22. The number of nitrogens with one attached hydrogen (secondary N) is 1. The number of hydrogen-bond acceptors (Lipinski definition) is 5. The lowest BCUT2D eigenvalue weighted by molar-refractivity contribution is -0.136. The lowest BCUT2D eigenvalue weighted by atomic mass is 10.0. The maximum Gasteiger partial charge on any atom is 0.335 e. The first kappa shape index (κ1) is 22.0. The van der Waals surface area contributed by atoms with E-state index < -0.39 is 11.9 Å². The van der Waals surface area contributed by atoms with Gasteiger partial charge in [-0.2, -0.15) is 4.99 Å². The second-order valence-corrected chi connectivity index (χ2v) is 8.26. The predicted molar refractivity (Wildman–Crippen MR) is 128 cm³/mol. The summed E-state index contributed by atoms with van der Waals surface area (Å²) in [4.78, 5) is 38.6. The van der Waals surface area contributed by atoms with Gasteiger partial charge in [-0.25, -0.2) is 4.79 Å². The van der Waals surface area contributed by atoms with E-state index in [4.69, 9.17) is 10.2 Å². The first-order chi connectivity index (χ1) is 15.9. The Morgan fingerprint density at radius 3 is 2.06 bits per heavy atom. The molecule has 33 heavy (non-hydrogen) atoms. The Bertz CT molecular complexity index is 1280. The van der Waals surface area contributed by atoms with E-state index in [9.17, 15) is 14.4 Å². The van der Waals surface area contributed by atoms with Crippen LogP contribution in [-0.2, 0) is 16.0 Å². The summed E-state index contributed by atoms with van der Waals surface area (Å²) in [6.45, 7) is 0. The van der Waals surface area contributed by atoms with E-state index in [1.54, 1.807) is 54.6 Å². The standard InChI is InChI=1S/C25H18N2O5S/c28-22(29)14-16-3-11-20(12-4-16)26-25-27-23(30)21(33-25)13-15-1-5-17(6-2-15)18-7-9-19(10-8-18)24(31)32/h1-13H,14H2,(H,28,29)(H,31,32)(H,26,27,30)/b21-13+. The molecule has 0 spiro atoms. The molecule has 1 heterocycles. The molecule has 0 atom stereocenters. The number of thioether (sulfide) groups is 1. The molecule has 3 aromatic carbocycles. The molecule has 0 saturated carbocycles. The molecule has 0 bridgehead atoms. The van der Waals surface area contributed by atoms with Crippen molar-refractivity contribution < 1.29 is 24.6 Å². The molecule has 1 aliphatic heterocycles. The van der Waals surface area contributed by atoms with Crippen molar-refractivity contribution in [2.24, 2.45) is 4.99 Å². The summed E-state index contributed by atoms with van der Waals surface area (Å²) in [6.07, 6.45) is 1.71. The van der Waals surface area contributed by atoms with Crippen LogP contribution < -0.4 is 5.32 Å². The summed E-state index contributed by atoms with van der Waals surface area (Å²) in [6, 6.07) is 21.1. The highest BCUT2D eigenvalue weighted by molar-refractivity contribution is 8.18. The molecule has 0 unspecified atom stereocenters. The fourth-order valence-corrected chi connectivity index (χ4v) is 4.03. The van der Waals surface area contributed by atoms with Gasteiger partial charge in [-0.15, -0.1) is 0 Å². The molecular formula is C25H18N2O5S. The number of amides is 1. The fourth-order valence-electron chi connectivity index (χ4n) is 3.20. The van der Waals surface area contributed by atoms with Crippen molar-refractivity contribution in [3.05, 3.63) is 94.4 Å². The monoisotopic (exact) mass is 458 g/mol. The van der Waals surface area contributed by atoms with Crippen molar-refractivity contribution in [2.75, 3.05) is 5.32 Å². The van der Waals surface area contributed by atoms with Gasteiger partial charge in [0.15, 0.2) is 5.17 Å². The normalized spacial score (nSPS) is 14.2. The number of nitrogens with zero attached hydrogens (tertiary/aromatic N) is 1. The van der Waals surface area contributed by atoms with Crippen LogP contribution in [-0.4, -0.2) is 33.2 Å². The molecule has 0 aromatic heterocycles. The van der Waals surface area contributed by atoms with Crippen LogP contribution in [0.2, 0.25) is 0 Å². The third kappa shape index (κ3) is 5.55. The third-order valence-electron chi connectivity index (χ3n) is 4.85. The van der Waals surface area contributed by atoms with Gasteiger partial charge in [0.25, 0.3) is 5.91 Å². The quantitative estimate of drug-likeness (QED) is 0.456. The van der Waals surface area contributed by atoms with Crippen LogP contribution >= 0.6 is 11.8 Å². The van der Waals surface area contributed by atoms with Gasteiger partial charge in [0.2, 0.25) is 0 Å². The smallest absolute Gasteiger partial charge is 0.335 e. The minimum Gasteiger partial charge on any atom is -0.481 e. The van der Waals surface area contributed by atoms with Crippen LogP contribution in [0.25, 0.3) is 17.2 Å². The number of aliphatic imine (C=N–C) groups is 1. The summed E-state index contributed by atoms with van der Waals surface area (Å²) < 4.78 is 0. The Balaban J connectivity index is 1.41. The first-order valence-electron chi connectivity index (χ1n) is 9.91. The average Bonchev–Trinajstić information content (AvgIpc) is 3.14. The molecule has 0 fully saturated rings. The maximum absolute atomic E-state index is 12.3. The number of rotatable bonds is 6. The van der Waals surface area contributed by atoms with Gasteiger partial charge in [-0.1, -0.05) is 48.5 Å². The zero-order valence-electron chi connectivity index (χ0n) is 17.2. The van der Waals surface area contributed by atoms with Crippen molar-refractivity contribution in [3.63, 3.8) is 0 Å². The number of anilines is 1. The molecule has 4 rings (SSSR count). The predicted octanol–water partition coefficient (Wildman–Crippen LogP) is 4.76. The molecule has 7 nitrogen and oxygen atoms in total. The van der Waals surface area contributed by atoms with Crippen molar-refractivity contribution in [1.29, 1.82) is 0 Å². The van der Waals surface area contributed by atoms with E-state index in [1.165, 1.54) is 11.8 Å². The Kier molecular flexibility index (Phi) is 6.37. The van der Waals surface area contributed by atoms with Crippen LogP contribution in [0.4, 0.5) is 5.69 Å². The van der Waals surface area contributed by atoms with Gasteiger partial charge in [0.1, 0.15) is 0 Å². The Morgan fingerprint density at radius 1 is 0.879 bits per heavy atom. The highest BCUT2D eigenvalue weighted by atomic mass is 32.2. The maximum atomic E-state index is 12.3. The van der Waals surface area contributed by atoms with Crippen molar-refractivity contribution in [1.82, 2.24) is 0 Å². The summed E-state index contributed by atoms with van der Waals surface area (Å²) >= 11 is 1.23. The van der Waals surface area contributed by atoms with Crippen LogP contribution in [0.15, 0.2) is 82.7 Å². The number of amidine groups is 1. The van der Waals surface area contributed by atoms with E-state index in [-0.39, 0.29) is 17.9 Å². The van der Waals surface area contributed by atoms with Gasteiger partial charge < -0.3 is 15.5 Å². The van der Waals surface area contributed by atoms with Crippen molar-refractivity contribution in [2.45, 2.75) is 6.42 Å². The first-order valence-corrected chi connectivity index (χ1v) is 10.7. The second-order valence-electron chi connectivity index (χ2n) is 7.23. The molecule has 0 aliphatic carbocycles. The zero-order chi connectivity index (χ0) is 23.4. The van der Waals surface area contributed by atoms with E-state index >= 15 is 0 Å². The minimum atomic E-state index is -0.964. The highest BCUT2D eigenvalue weighted by Crippen LogP contribution is 2.30. The van der Waals surface area contributed by atoms with Gasteiger partial charge >= 0.3 is 11.9 Å². The lowest BCUT2D eigenvalue weighted by Gasteiger charge is -2.05. The number of benzene rings is 3. The minimum absolute atomic E-state index is 0.0478. The molecule has 0 saturated heterocycles. The summed E-state index contributed by atoms with van der Waals surface area (Å²) in [5, 5.41) is 21.4. The zero-order valence-corrected chi connectivity index (χ0v) is 18.0. The molecule has 3 aromatic rings. The molecule has 1 aliphatic rings. The van der Waals surface area contributed by atoms with Gasteiger partial charge in [-0.3, -0.25) is 9.59 Å². The molecule has 164 valence electrons. The summed E-state index contributed by atoms with van der Waals surface area (Å²) in [7, 11) is 0. The molecular weight excluding hydrogens is 440 g/mol. The van der Waals surface area contributed by atoms with Crippen LogP contribution in [0.3, 0.4) is 0 Å². The molecule has 1 amide bonds. The third-order valence-corrected chi connectivity index (χ3v) is 5.75. The van der Waals surface area contributed by atoms with Crippen molar-refractivity contribution in [3.8, 4) is 11.1 Å². The fraction of sp³-hybridized carbons (Fsp3) is 0.0400. The molecule has 3 N–H and O–H groups in total. The Hall–Kier alpha value is -4.17. The Labute approximate surface area is 193 Å². The second kappa shape index (κ2) is 9.54. The number of carbonyl (C=O) groups is 3. The van der Waals surface area contributed by atoms with Crippen LogP contribution in [0.1, 0.15) is 21.5 Å². The summed E-state index contributed by atoms with van der Waals surface area (Å²) in [5.41, 5.74) is 4.30. The number of carbonyl (C=O) groups excluding carboxylic acids is 1. The number of aromatic carboxylic acids is 1. The topological polar surface area (TPSA) is 116 Å². The number of carboxylic acid groups (broad SMARTS) is 2. The van der Waals surface area contributed by atoms with Gasteiger partial charge in [0, 0.05) is 5.69 Å². The number of hydrogen-bond donors (Lipinski definition) is 3. The van der Waals surface area contributed by atoms with E-state index in [0.717, 1.165) is 16.7 Å². The van der Waals surface area contributed by atoms with Crippen LogP contribution in [0, 0.1) is 0 Å². The summed E-state index contributed by atoms with van der Waals surface area (Å²) in [5.74, 6) is -2.19.